The van der Waals surface area contributed by atoms with Crippen molar-refractivity contribution >= 4 is 5.97 Å². The largest absolute Gasteiger partial charge is 0.404 e. The Morgan fingerprint density at radius 1 is 1.08 bits per heavy atom. The van der Waals surface area contributed by atoms with Gasteiger partial charge in [-0.05, 0) is 49.1 Å². The molecule has 4 nitrogen and oxygen atoms in total. The maximum atomic E-state index is 12.6. The van der Waals surface area contributed by atoms with Gasteiger partial charge < -0.3 is 4.74 Å². The number of benzene rings is 2. The van der Waals surface area contributed by atoms with E-state index in [2.05, 4.69) is 25.9 Å². The van der Waals surface area contributed by atoms with E-state index in [0.717, 1.165) is 17.8 Å². The number of hydrogen-bond donors (Lipinski definition) is 0. The van der Waals surface area contributed by atoms with Gasteiger partial charge in [-0.25, -0.2) is 9.48 Å². The van der Waals surface area contributed by atoms with Crippen LogP contribution in [0.3, 0.4) is 0 Å². The summed E-state index contributed by atoms with van der Waals surface area (Å²) in [6.07, 6.45) is 0.938. The molecule has 0 unspecified atom stereocenters. The first-order chi connectivity index (χ1) is 12.5. The molecular formula is C22H24N2O2. The lowest BCUT2D eigenvalue weighted by Gasteiger charge is -2.08. The Morgan fingerprint density at radius 2 is 1.73 bits per heavy atom. The van der Waals surface area contributed by atoms with Gasteiger partial charge in [-0.3, -0.25) is 0 Å². The number of aromatic nitrogens is 2. The van der Waals surface area contributed by atoms with Crippen LogP contribution in [-0.2, 0) is 6.42 Å². The van der Waals surface area contributed by atoms with E-state index in [1.165, 1.54) is 11.1 Å². The summed E-state index contributed by atoms with van der Waals surface area (Å²) in [7, 11) is 0. The zero-order chi connectivity index (χ0) is 18.7. The first kappa shape index (κ1) is 17.9. The van der Waals surface area contributed by atoms with Crippen LogP contribution in [-0.4, -0.2) is 15.7 Å². The van der Waals surface area contributed by atoms with Crippen molar-refractivity contribution in [2.45, 2.75) is 40.0 Å². The fourth-order valence-electron chi connectivity index (χ4n) is 2.64. The monoisotopic (exact) mass is 348 g/mol. The highest BCUT2D eigenvalue weighted by atomic mass is 16.5. The molecule has 0 radical (unpaired) electrons. The van der Waals surface area contributed by atoms with E-state index in [0.29, 0.717) is 11.4 Å². The molecule has 1 aromatic heterocycles. The second kappa shape index (κ2) is 7.56. The van der Waals surface area contributed by atoms with Gasteiger partial charge in [-0.15, -0.1) is 0 Å². The molecule has 0 saturated carbocycles. The van der Waals surface area contributed by atoms with Crippen molar-refractivity contribution < 1.29 is 9.53 Å². The molecule has 2 aromatic carbocycles. The summed E-state index contributed by atoms with van der Waals surface area (Å²) >= 11 is 0. The summed E-state index contributed by atoms with van der Waals surface area (Å²) in [5, 5.41) is 4.62. The lowest BCUT2D eigenvalue weighted by molar-refractivity contribution is 0.0723. The maximum Gasteiger partial charge on any atom is 0.344 e. The topological polar surface area (TPSA) is 44.1 Å². The van der Waals surface area contributed by atoms with Gasteiger partial charge in [0, 0.05) is 6.07 Å². The van der Waals surface area contributed by atoms with Crippen LogP contribution in [0.25, 0.3) is 5.69 Å². The third-order valence-corrected chi connectivity index (χ3v) is 4.36. The highest BCUT2D eigenvalue weighted by Gasteiger charge is 2.17. The number of carbonyl (C=O) groups is 1. The molecule has 0 aliphatic rings. The van der Waals surface area contributed by atoms with Gasteiger partial charge in [0.2, 0.25) is 5.88 Å². The molecule has 0 bridgehead atoms. The van der Waals surface area contributed by atoms with E-state index in [1.807, 2.05) is 49.4 Å². The van der Waals surface area contributed by atoms with E-state index >= 15 is 0 Å². The van der Waals surface area contributed by atoms with Crippen LogP contribution in [0.15, 0.2) is 54.6 Å². The van der Waals surface area contributed by atoms with E-state index in [1.54, 1.807) is 16.8 Å². The molecular weight excluding hydrogens is 324 g/mol. The third-order valence-electron chi connectivity index (χ3n) is 4.36. The average molecular weight is 348 g/mol. The molecule has 0 fully saturated rings. The second-order valence-electron chi connectivity index (χ2n) is 6.75. The van der Waals surface area contributed by atoms with Crippen LogP contribution < -0.4 is 4.74 Å². The number of carbonyl (C=O) groups excluding carboxylic acids is 1. The first-order valence-corrected chi connectivity index (χ1v) is 8.96. The molecule has 0 saturated heterocycles. The molecule has 0 aliphatic carbocycles. The summed E-state index contributed by atoms with van der Waals surface area (Å²) in [4.78, 5) is 12.6. The Kier molecular flexibility index (Phi) is 5.21. The predicted octanol–water partition coefficient (Wildman–Crippen LogP) is 5.09. The lowest BCUT2D eigenvalue weighted by Crippen LogP contribution is -2.11. The normalized spacial score (nSPS) is 11.0. The SMILES string of the molecule is CCc1ccc(C(=O)Oc2cc(C(C)C)nn2-c2ccc(C)cc2)cc1. The number of esters is 1. The Balaban J connectivity index is 1.92. The third kappa shape index (κ3) is 3.85. The molecule has 26 heavy (non-hydrogen) atoms. The summed E-state index contributed by atoms with van der Waals surface area (Å²) in [6, 6.07) is 17.3. The highest BCUT2D eigenvalue weighted by Crippen LogP contribution is 2.25. The van der Waals surface area contributed by atoms with E-state index in [4.69, 9.17) is 4.74 Å². The molecule has 1 heterocycles. The van der Waals surface area contributed by atoms with Crippen molar-refractivity contribution in [2.24, 2.45) is 0 Å². The maximum absolute atomic E-state index is 12.6. The zero-order valence-electron chi connectivity index (χ0n) is 15.7. The van der Waals surface area contributed by atoms with E-state index < -0.39 is 0 Å². The van der Waals surface area contributed by atoms with Crippen LogP contribution in [0.1, 0.15) is 53.9 Å². The Labute approximate surface area is 154 Å². The summed E-state index contributed by atoms with van der Waals surface area (Å²) in [5.74, 6) is 0.293. The van der Waals surface area contributed by atoms with Crippen LogP contribution in [0.4, 0.5) is 0 Å². The number of rotatable bonds is 5. The second-order valence-corrected chi connectivity index (χ2v) is 6.75. The zero-order valence-corrected chi connectivity index (χ0v) is 15.7. The number of nitrogens with zero attached hydrogens (tertiary/aromatic N) is 2. The molecule has 4 heteroatoms. The first-order valence-electron chi connectivity index (χ1n) is 8.96. The summed E-state index contributed by atoms with van der Waals surface area (Å²) < 4.78 is 7.37. The van der Waals surface area contributed by atoms with E-state index in [-0.39, 0.29) is 11.9 Å². The molecule has 134 valence electrons. The van der Waals surface area contributed by atoms with Crippen LogP contribution in [0.2, 0.25) is 0 Å². The van der Waals surface area contributed by atoms with Gasteiger partial charge in [0.1, 0.15) is 0 Å². The molecule has 3 aromatic rings. The van der Waals surface area contributed by atoms with Crippen LogP contribution in [0, 0.1) is 6.92 Å². The summed E-state index contributed by atoms with van der Waals surface area (Å²) in [6.45, 7) is 8.25. The van der Waals surface area contributed by atoms with Crippen molar-refractivity contribution in [1.82, 2.24) is 9.78 Å². The minimum Gasteiger partial charge on any atom is -0.404 e. The van der Waals surface area contributed by atoms with Crippen molar-refractivity contribution in [1.29, 1.82) is 0 Å². The smallest absolute Gasteiger partial charge is 0.344 e. The molecule has 0 N–H and O–H groups in total. The standard InChI is InChI=1S/C22H24N2O2/c1-5-17-8-10-18(11-9-17)22(25)26-21-14-20(15(2)3)23-24(21)19-12-6-16(4)7-13-19/h6-15H,5H2,1-4H3. The Bertz CT molecular complexity index is 891. The van der Waals surface area contributed by atoms with Gasteiger partial charge in [0.25, 0.3) is 0 Å². The van der Waals surface area contributed by atoms with E-state index in [9.17, 15) is 4.79 Å². The molecule has 0 spiro atoms. The van der Waals surface area contributed by atoms with Gasteiger partial charge >= 0.3 is 5.97 Å². The fraction of sp³-hybridized carbons (Fsp3) is 0.273. The molecule has 0 atom stereocenters. The Hall–Kier alpha value is -2.88. The predicted molar refractivity (Wildman–Crippen MR) is 103 cm³/mol. The van der Waals surface area contributed by atoms with Gasteiger partial charge in [-0.1, -0.05) is 50.6 Å². The fourth-order valence-corrected chi connectivity index (χ4v) is 2.64. The minimum atomic E-state index is -0.378. The van der Waals surface area contributed by atoms with Crippen molar-refractivity contribution in [3.05, 3.63) is 77.0 Å². The number of hydrogen-bond acceptors (Lipinski definition) is 3. The minimum absolute atomic E-state index is 0.239. The highest BCUT2D eigenvalue weighted by molar-refractivity contribution is 5.91. The average Bonchev–Trinajstić information content (AvgIpc) is 3.06. The number of aryl methyl sites for hydroxylation is 2. The quantitative estimate of drug-likeness (QED) is 0.604. The van der Waals surface area contributed by atoms with Gasteiger partial charge in [0.05, 0.1) is 16.9 Å². The van der Waals surface area contributed by atoms with Crippen LogP contribution >= 0.6 is 0 Å². The van der Waals surface area contributed by atoms with Crippen molar-refractivity contribution in [3.8, 4) is 11.6 Å². The number of ether oxygens (including phenoxy) is 1. The molecule has 0 aliphatic heterocycles. The molecule has 3 rings (SSSR count). The van der Waals surface area contributed by atoms with Crippen molar-refractivity contribution in [3.63, 3.8) is 0 Å². The molecule has 0 amide bonds. The van der Waals surface area contributed by atoms with Gasteiger partial charge in [0.15, 0.2) is 0 Å². The van der Waals surface area contributed by atoms with Gasteiger partial charge in [-0.2, -0.15) is 5.10 Å². The summed E-state index contributed by atoms with van der Waals surface area (Å²) in [5.41, 5.74) is 4.64. The van der Waals surface area contributed by atoms with Crippen molar-refractivity contribution in [2.75, 3.05) is 0 Å². The Morgan fingerprint density at radius 3 is 2.31 bits per heavy atom. The lowest BCUT2D eigenvalue weighted by atomic mass is 10.1. The van der Waals surface area contributed by atoms with Crippen LogP contribution in [0.5, 0.6) is 5.88 Å².